The van der Waals surface area contributed by atoms with Crippen LogP contribution in [0.3, 0.4) is 0 Å². The SMILES string of the molecule is C=Cc1ccc(COC2CCC(C)(C)N(C(C)=O)C2(C)C)cc1. The normalized spacial score (nSPS) is 22.7. The minimum absolute atomic E-state index is 0.0403. The zero-order valence-corrected chi connectivity index (χ0v) is 15.1. The number of nitrogens with zero attached hydrogens (tertiary/aromatic N) is 1. The predicted octanol–water partition coefficient (Wildman–Crippen LogP) is 4.41. The monoisotopic (exact) mass is 315 g/mol. The summed E-state index contributed by atoms with van der Waals surface area (Å²) < 4.78 is 6.21. The summed E-state index contributed by atoms with van der Waals surface area (Å²) in [5.41, 5.74) is 1.82. The van der Waals surface area contributed by atoms with Gasteiger partial charge in [0, 0.05) is 12.5 Å². The Labute approximate surface area is 140 Å². The Morgan fingerprint density at radius 3 is 2.43 bits per heavy atom. The van der Waals surface area contributed by atoms with Crippen LogP contribution < -0.4 is 0 Å². The number of carbonyl (C=O) groups excluding carboxylic acids is 1. The number of hydrogen-bond acceptors (Lipinski definition) is 2. The third-order valence-corrected chi connectivity index (χ3v) is 4.97. The lowest BCUT2D eigenvalue weighted by molar-refractivity contribution is -0.166. The van der Waals surface area contributed by atoms with E-state index in [9.17, 15) is 4.79 Å². The minimum Gasteiger partial charge on any atom is -0.371 e. The maximum absolute atomic E-state index is 12.2. The Morgan fingerprint density at radius 1 is 1.30 bits per heavy atom. The summed E-state index contributed by atoms with van der Waals surface area (Å²) in [4.78, 5) is 14.2. The number of piperidine rings is 1. The molecular weight excluding hydrogens is 286 g/mol. The van der Waals surface area contributed by atoms with Crippen LogP contribution in [0.4, 0.5) is 0 Å². The summed E-state index contributed by atoms with van der Waals surface area (Å²) in [6.45, 7) is 14.5. The Kier molecular flexibility index (Phi) is 5.00. The molecule has 23 heavy (non-hydrogen) atoms. The van der Waals surface area contributed by atoms with Crippen LogP contribution in [0.1, 0.15) is 58.6 Å². The summed E-state index contributed by atoms with van der Waals surface area (Å²) in [5, 5.41) is 0. The molecule has 2 rings (SSSR count). The summed E-state index contributed by atoms with van der Waals surface area (Å²) in [6, 6.07) is 8.23. The molecule has 1 aromatic rings. The van der Waals surface area contributed by atoms with Crippen molar-refractivity contribution in [2.45, 2.75) is 71.2 Å². The van der Waals surface area contributed by atoms with Gasteiger partial charge in [-0.15, -0.1) is 0 Å². The first kappa shape index (κ1) is 17.7. The smallest absolute Gasteiger partial charge is 0.220 e. The second-order valence-electron chi connectivity index (χ2n) is 7.60. The largest absolute Gasteiger partial charge is 0.371 e. The van der Waals surface area contributed by atoms with E-state index in [4.69, 9.17) is 4.74 Å². The van der Waals surface area contributed by atoms with Crippen LogP contribution in [0.25, 0.3) is 6.08 Å². The molecule has 0 bridgehead atoms. The van der Waals surface area contributed by atoms with Crippen LogP contribution in [-0.4, -0.2) is 28.0 Å². The van der Waals surface area contributed by atoms with E-state index >= 15 is 0 Å². The molecule has 0 aromatic heterocycles. The molecule has 0 saturated carbocycles. The van der Waals surface area contributed by atoms with Gasteiger partial charge in [-0.05, 0) is 51.7 Å². The highest BCUT2D eigenvalue weighted by molar-refractivity contribution is 5.75. The molecule has 126 valence electrons. The lowest BCUT2D eigenvalue weighted by Gasteiger charge is -2.55. The number of likely N-dealkylation sites (tertiary alicyclic amines) is 1. The Morgan fingerprint density at radius 2 is 1.91 bits per heavy atom. The van der Waals surface area contributed by atoms with Crippen molar-refractivity contribution in [1.29, 1.82) is 0 Å². The quantitative estimate of drug-likeness (QED) is 0.823. The van der Waals surface area contributed by atoms with Crippen LogP contribution in [0.15, 0.2) is 30.8 Å². The van der Waals surface area contributed by atoms with Crippen molar-refractivity contribution in [3.8, 4) is 0 Å². The molecule has 1 saturated heterocycles. The maximum atomic E-state index is 12.2. The topological polar surface area (TPSA) is 29.5 Å². The molecule has 1 aromatic carbocycles. The van der Waals surface area contributed by atoms with Gasteiger partial charge >= 0.3 is 0 Å². The van der Waals surface area contributed by atoms with Gasteiger partial charge in [-0.1, -0.05) is 36.9 Å². The molecule has 1 atom stereocenters. The van der Waals surface area contributed by atoms with Gasteiger partial charge in [0.15, 0.2) is 0 Å². The number of ether oxygens (including phenoxy) is 1. The number of amides is 1. The second-order valence-corrected chi connectivity index (χ2v) is 7.60. The highest BCUT2D eigenvalue weighted by atomic mass is 16.5. The van der Waals surface area contributed by atoms with Crippen molar-refractivity contribution < 1.29 is 9.53 Å². The van der Waals surface area contributed by atoms with Crippen LogP contribution in [0.5, 0.6) is 0 Å². The average molecular weight is 315 g/mol. The van der Waals surface area contributed by atoms with Gasteiger partial charge in [0.05, 0.1) is 18.2 Å². The van der Waals surface area contributed by atoms with Crippen molar-refractivity contribution in [1.82, 2.24) is 4.90 Å². The summed E-state index contributed by atoms with van der Waals surface area (Å²) in [7, 11) is 0. The Bertz CT molecular complexity index is 572. The number of benzene rings is 1. The van der Waals surface area contributed by atoms with Crippen molar-refractivity contribution in [3.05, 3.63) is 42.0 Å². The molecule has 0 N–H and O–H groups in total. The zero-order valence-electron chi connectivity index (χ0n) is 15.1. The van der Waals surface area contributed by atoms with E-state index in [-0.39, 0.29) is 23.1 Å². The first-order valence-electron chi connectivity index (χ1n) is 8.32. The van der Waals surface area contributed by atoms with E-state index < -0.39 is 0 Å². The molecule has 1 aliphatic heterocycles. The highest BCUT2D eigenvalue weighted by Crippen LogP contribution is 2.40. The van der Waals surface area contributed by atoms with E-state index in [1.54, 1.807) is 6.92 Å². The third kappa shape index (κ3) is 3.66. The fraction of sp³-hybridized carbons (Fsp3) is 0.550. The lowest BCUT2D eigenvalue weighted by Crippen LogP contribution is -2.66. The van der Waals surface area contributed by atoms with Crippen LogP contribution in [-0.2, 0) is 16.1 Å². The van der Waals surface area contributed by atoms with Gasteiger partial charge in [-0.25, -0.2) is 0 Å². The summed E-state index contributed by atoms with van der Waals surface area (Å²) in [5.74, 6) is 0.114. The van der Waals surface area contributed by atoms with Crippen molar-refractivity contribution in [3.63, 3.8) is 0 Å². The molecule has 1 unspecified atom stereocenters. The van der Waals surface area contributed by atoms with Crippen LogP contribution in [0.2, 0.25) is 0 Å². The molecule has 0 aliphatic carbocycles. The first-order valence-corrected chi connectivity index (χ1v) is 8.32. The molecule has 0 radical (unpaired) electrons. The molecule has 1 aliphatic rings. The van der Waals surface area contributed by atoms with Crippen molar-refractivity contribution >= 4 is 12.0 Å². The Balaban J connectivity index is 2.10. The number of carbonyl (C=O) groups is 1. The molecule has 1 amide bonds. The minimum atomic E-state index is -0.311. The molecule has 3 heteroatoms. The number of hydrogen-bond donors (Lipinski definition) is 0. The van der Waals surface area contributed by atoms with E-state index in [0.717, 1.165) is 24.0 Å². The third-order valence-electron chi connectivity index (χ3n) is 4.97. The van der Waals surface area contributed by atoms with Crippen LogP contribution in [0, 0.1) is 0 Å². The molecule has 1 heterocycles. The van der Waals surface area contributed by atoms with Crippen molar-refractivity contribution in [2.24, 2.45) is 0 Å². The average Bonchev–Trinajstić information content (AvgIpc) is 2.45. The Hall–Kier alpha value is -1.61. The molecular formula is C20H29NO2. The summed E-state index contributed by atoms with van der Waals surface area (Å²) in [6.07, 6.45) is 3.80. The fourth-order valence-corrected chi connectivity index (χ4v) is 3.94. The second kappa shape index (κ2) is 6.48. The first-order chi connectivity index (χ1) is 10.7. The van der Waals surface area contributed by atoms with Gasteiger partial charge in [-0.2, -0.15) is 0 Å². The van der Waals surface area contributed by atoms with E-state index in [2.05, 4.69) is 46.4 Å². The van der Waals surface area contributed by atoms with E-state index in [0.29, 0.717) is 6.61 Å². The molecule has 3 nitrogen and oxygen atoms in total. The lowest BCUT2D eigenvalue weighted by atomic mass is 9.77. The molecule has 0 spiro atoms. The number of rotatable bonds is 4. The zero-order chi connectivity index (χ0) is 17.3. The van der Waals surface area contributed by atoms with Gasteiger partial charge < -0.3 is 9.64 Å². The maximum Gasteiger partial charge on any atom is 0.220 e. The van der Waals surface area contributed by atoms with Gasteiger partial charge in [-0.3, -0.25) is 4.79 Å². The van der Waals surface area contributed by atoms with E-state index in [1.165, 1.54) is 0 Å². The van der Waals surface area contributed by atoms with Crippen LogP contribution >= 0.6 is 0 Å². The fourth-order valence-electron chi connectivity index (χ4n) is 3.94. The van der Waals surface area contributed by atoms with E-state index in [1.807, 2.05) is 23.1 Å². The molecule has 1 fully saturated rings. The standard InChI is InChI=1S/C20H29NO2/c1-7-16-8-10-17(11-9-16)14-23-18-12-13-19(3,4)21(15(2)22)20(18,5)6/h7-11,18H,1,12-14H2,2-6H3. The van der Waals surface area contributed by atoms with Gasteiger partial charge in [0.1, 0.15) is 0 Å². The highest BCUT2D eigenvalue weighted by Gasteiger charge is 2.48. The van der Waals surface area contributed by atoms with Gasteiger partial charge in [0.2, 0.25) is 5.91 Å². The predicted molar refractivity (Wildman–Crippen MR) is 95.0 cm³/mol. The van der Waals surface area contributed by atoms with Gasteiger partial charge in [0.25, 0.3) is 0 Å². The van der Waals surface area contributed by atoms with Crippen molar-refractivity contribution in [2.75, 3.05) is 0 Å². The summed E-state index contributed by atoms with van der Waals surface area (Å²) >= 11 is 0.